The minimum absolute atomic E-state index is 0.0000811. The fraction of sp³-hybridized carbons (Fsp3) is 0.138. The van der Waals surface area contributed by atoms with Crippen molar-refractivity contribution in [2.75, 3.05) is 5.32 Å². The molecule has 1 amide bonds. The van der Waals surface area contributed by atoms with E-state index in [2.05, 4.69) is 22.5 Å². The first-order chi connectivity index (χ1) is 18.1. The third-order valence-electron chi connectivity index (χ3n) is 6.57. The third kappa shape index (κ3) is 4.12. The Labute approximate surface area is 212 Å². The molecule has 0 saturated heterocycles. The van der Waals surface area contributed by atoms with E-state index in [4.69, 9.17) is 4.42 Å². The minimum atomic E-state index is -0.343. The van der Waals surface area contributed by atoms with Crippen LogP contribution in [-0.4, -0.2) is 24.8 Å². The van der Waals surface area contributed by atoms with Crippen LogP contribution in [-0.2, 0) is 19.6 Å². The molecule has 0 unspecified atom stereocenters. The number of furan rings is 1. The van der Waals surface area contributed by atoms with Gasteiger partial charge in [0.1, 0.15) is 0 Å². The van der Waals surface area contributed by atoms with Gasteiger partial charge in [0.05, 0.1) is 35.9 Å². The first kappa shape index (κ1) is 22.6. The number of fused-ring (bicyclic) bond motifs is 2. The number of hydrogen-bond donors (Lipinski definition) is 1. The van der Waals surface area contributed by atoms with Crippen LogP contribution in [0.3, 0.4) is 0 Å². The van der Waals surface area contributed by atoms with E-state index in [1.807, 2.05) is 76.8 Å². The molecule has 6 rings (SSSR count). The van der Waals surface area contributed by atoms with Crippen LogP contribution in [0.15, 0.2) is 100 Å². The number of carbonyl (C=O) groups is 1. The van der Waals surface area contributed by atoms with Gasteiger partial charge in [-0.1, -0.05) is 48.5 Å². The summed E-state index contributed by atoms with van der Waals surface area (Å²) >= 11 is 0. The summed E-state index contributed by atoms with van der Waals surface area (Å²) in [5.41, 5.74) is 4.91. The van der Waals surface area contributed by atoms with Gasteiger partial charge in [0.15, 0.2) is 11.6 Å². The van der Waals surface area contributed by atoms with E-state index in [0.717, 1.165) is 33.1 Å². The second-order valence-electron chi connectivity index (χ2n) is 8.87. The van der Waals surface area contributed by atoms with Crippen LogP contribution in [0.25, 0.3) is 21.9 Å². The lowest BCUT2D eigenvalue weighted by molar-refractivity contribution is 0.0996. The van der Waals surface area contributed by atoms with Gasteiger partial charge in [-0.25, -0.2) is 4.79 Å². The van der Waals surface area contributed by atoms with Gasteiger partial charge in [0.2, 0.25) is 0 Å². The predicted octanol–water partition coefficient (Wildman–Crippen LogP) is 5.11. The molecule has 8 nitrogen and oxygen atoms in total. The number of hydrogen-bond acceptors (Lipinski definition) is 4. The summed E-state index contributed by atoms with van der Waals surface area (Å²) in [5, 5.41) is 8.39. The highest BCUT2D eigenvalue weighted by molar-refractivity contribution is 6.06. The first-order valence-electron chi connectivity index (χ1n) is 12.2. The molecule has 0 aliphatic rings. The van der Waals surface area contributed by atoms with Gasteiger partial charge in [-0.2, -0.15) is 5.10 Å². The second kappa shape index (κ2) is 9.31. The van der Waals surface area contributed by atoms with Crippen molar-refractivity contribution < 1.29 is 9.21 Å². The molecule has 184 valence electrons. The molecule has 8 heteroatoms. The molecule has 1 N–H and O–H groups in total. The average molecular weight is 492 g/mol. The van der Waals surface area contributed by atoms with Crippen LogP contribution < -0.4 is 11.0 Å². The standard InChI is InChI=1S/C29H25N5O3/c1-2-32-24-10-5-6-11-25(24)33(29(32)36)18-20-13-15-21(16-14-20)19-34-23-9-4-3-8-22(23)27(31-34)30-28(35)26-12-7-17-37-26/h3-17H,2,18-19H2,1H3,(H,30,31,35). The van der Waals surface area contributed by atoms with E-state index in [-0.39, 0.29) is 17.4 Å². The Kier molecular flexibility index (Phi) is 5.69. The molecule has 0 aliphatic heterocycles. The molecule has 0 spiro atoms. The molecule has 6 aromatic rings. The minimum Gasteiger partial charge on any atom is -0.459 e. The van der Waals surface area contributed by atoms with Crippen molar-refractivity contribution in [2.45, 2.75) is 26.6 Å². The molecular formula is C29H25N5O3. The summed E-state index contributed by atoms with van der Waals surface area (Å²) < 4.78 is 10.7. The number of carbonyl (C=O) groups excluding carboxylic acids is 1. The maximum Gasteiger partial charge on any atom is 0.329 e. The summed E-state index contributed by atoms with van der Waals surface area (Å²) in [6, 6.07) is 27.2. The van der Waals surface area contributed by atoms with E-state index >= 15 is 0 Å². The highest BCUT2D eigenvalue weighted by Crippen LogP contribution is 2.24. The largest absolute Gasteiger partial charge is 0.459 e. The number of para-hydroxylation sites is 3. The number of aryl methyl sites for hydroxylation is 1. The van der Waals surface area contributed by atoms with Crippen molar-refractivity contribution in [1.82, 2.24) is 18.9 Å². The normalized spacial score (nSPS) is 11.4. The molecule has 0 saturated carbocycles. The Bertz CT molecular complexity index is 1770. The van der Waals surface area contributed by atoms with E-state index in [1.165, 1.54) is 6.26 Å². The Morgan fingerprint density at radius 2 is 1.46 bits per heavy atom. The Morgan fingerprint density at radius 3 is 2.14 bits per heavy atom. The number of aromatic nitrogens is 4. The molecule has 0 bridgehead atoms. The number of imidazole rings is 1. The molecule has 3 heterocycles. The second-order valence-corrected chi connectivity index (χ2v) is 8.87. The van der Waals surface area contributed by atoms with Crippen molar-refractivity contribution in [1.29, 1.82) is 0 Å². The zero-order valence-corrected chi connectivity index (χ0v) is 20.3. The highest BCUT2D eigenvalue weighted by atomic mass is 16.3. The van der Waals surface area contributed by atoms with E-state index in [9.17, 15) is 9.59 Å². The molecule has 0 atom stereocenters. The molecule has 37 heavy (non-hydrogen) atoms. The van der Waals surface area contributed by atoms with Crippen LogP contribution in [0.2, 0.25) is 0 Å². The number of nitrogens with one attached hydrogen (secondary N) is 1. The van der Waals surface area contributed by atoms with Crippen LogP contribution in [0.1, 0.15) is 28.6 Å². The maximum atomic E-state index is 13.0. The summed E-state index contributed by atoms with van der Waals surface area (Å²) in [5.74, 6) is 0.375. The van der Waals surface area contributed by atoms with E-state index in [0.29, 0.717) is 25.5 Å². The first-order valence-corrected chi connectivity index (χ1v) is 12.2. The smallest absolute Gasteiger partial charge is 0.329 e. The maximum absolute atomic E-state index is 13.0. The molecular weight excluding hydrogens is 466 g/mol. The lowest BCUT2D eigenvalue weighted by atomic mass is 10.1. The summed E-state index contributed by atoms with van der Waals surface area (Å²) in [4.78, 5) is 25.5. The number of benzene rings is 3. The molecule has 0 fully saturated rings. The number of rotatable bonds is 7. The molecule has 3 aromatic carbocycles. The van der Waals surface area contributed by atoms with Crippen LogP contribution in [0.5, 0.6) is 0 Å². The van der Waals surface area contributed by atoms with Gasteiger partial charge < -0.3 is 9.73 Å². The van der Waals surface area contributed by atoms with Crippen molar-refractivity contribution in [3.05, 3.63) is 119 Å². The van der Waals surface area contributed by atoms with Gasteiger partial charge in [-0.05, 0) is 54.4 Å². The Balaban J connectivity index is 1.25. The lowest BCUT2D eigenvalue weighted by Crippen LogP contribution is -2.24. The molecule has 3 aromatic heterocycles. The monoisotopic (exact) mass is 491 g/mol. The van der Waals surface area contributed by atoms with Crippen molar-refractivity contribution in [3.63, 3.8) is 0 Å². The summed E-state index contributed by atoms with van der Waals surface area (Å²) in [7, 11) is 0. The Morgan fingerprint density at radius 1 is 0.811 bits per heavy atom. The van der Waals surface area contributed by atoms with Crippen molar-refractivity contribution in [2.24, 2.45) is 0 Å². The third-order valence-corrected chi connectivity index (χ3v) is 6.57. The fourth-order valence-electron chi connectivity index (χ4n) is 4.75. The quantitative estimate of drug-likeness (QED) is 0.336. The zero-order valence-electron chi connectivity index (χ0n) is 20.3. The number of amides is 1. The lowest BCUT2D eigenvalue weighted by Gasteiger charge is -2.07. The number of nitrogens with zero attached hydrogens (tertiary/aromatic N) is 4. The highest BCUT2D eigenvalue weighted by Gasteiger charge is 2.16. The topological polar surface area (TPSA) is 87.0 Å². The summed E-state index contributed by atoms with van der Waals surface area (Å²) in [6.45, 7) is 3.65. The van der Waals surface area contributed by atoms with Crippen LogP contribution >= 0.6 is 0 Å². The van der Waals surface area contributed by atoms with Gasteiger partial charge in [-0.3, -0.25) is 18.6 Å². The van der Waals surface area contributed by atoms with Gasteiger partial charge in [-0.15, -0.1) is 0 Å². The van der Waals surface area contributed by atoms with E-state index in [1.54, 1.807) is 16.7 Å². The van der Waals surface area contributed by atoms with E-state index < -0.39 is 0 Å². The molecule has 0 radical (unpaired) electrons. The van der Waals surface area contributed by atoms with Crippen LogP contribution in [0, 0.1) is 0 Å². The fourth-order valence-corrected chi connectivity index (χ4v) is 4.75. The SMILES string of the molecule is CCn1c(=O)n(Cc2ccc(Cn3nc(NC(=O)c4ccco4)c4ccccc43)cc2)c2ccccc21. The summed E-state index contributed by atoms with van der Waals surface area (Å²) in [6.07, 6.45) is 1.47. The predicted molar refractivity (Wildman–Crippen MR) is 143 cm³/mol. The van der Waals surface area contributed by atoms with Gasteiger partial charge >= 0.3 is 5.69 Å². The average Bonchev–Trinajstić information content (AvgIpc) is 3.64. The van der Waals surface area contributed by atoms with Crippen LogP contribution in [0.4, 0.5) is 5.82 Å². The Hall–Kier alpha value is -4.85. The van der Waals surface area contributed by atoms with Gasteiger partial charge in [0.25, 0.3) is 5.91 Å². The van der Waals surface area contributed by atoms with Gasteiger partial charge in [0, 0.05) is 11.9 Å². The van der Waals surface area contributed by atoms with Crippen molar-refractivity contribution >= 4 is 33.7 Å². The zero-order chi connectivity index (χ0) is 25.4. The number of anilines is 1. The molecule has 0 aliphatic carbocycles. The van der Waals surface area contributed by atoms with Crippen molar-refractivity contribution in [3.8, 4) is 0 Å².